The van der Waals surface area contributed by atoms with Crippen LogP contribution in [0.2, 0.25) is 0 Å². The third-order valence-corrected chi connectivity index (χ3v) is 4.93. The highest BCUT2D eigenvalue weighted by Crippen LogP contribution is 2.26. The Hall–Kier alpha value is -1.07. The van der Waals surface area contributed by atoms with Crippen molar-refractivity contribution in [1.82, 2.24) is 5.32 Å². The second-order valence-corrected chi connectivity index (χ2v) is 6.98. The van der Waals surface area contributed by atoms with Crippen LogP contribution in [0.25, 0.3) is 0 Å². The molecule has 21 heavy (non-hydrogen) atoms. The monoisotopic (exact) mass is 311 g/mol. The zero-order valence-corrected chi connectivity index (χ0v) is 13.1. The molecule has 1 heterocycles. The molecular weight excluding hydrogens is 289 g/mol. The minimum Gasteiger partial charge on any atom is -0.388 e. The molecule has 0 spiro atoms. The molecule has 1 atom stereocenters. The molecule has 116 valence electrons. The van der Waals surface area contributed by atoms with Gasteiger partial charge in [0.2, 0.25) is 5.91 Å². The lowest BCUT2D eigenvalue weighted by Crippen LogP contribution is -2.46. The van der Waals surface area contributed by atoms with Gasteiger partial charge in [-0.15, -0.1) is 0 Å². The molecule has 1 saturated heterocycles. The van der Waals surface area contributed by atoms with Crippen LogP contribution in [0.5, 0.6) is 0 Å². The van der Waals surface area contributed by atoms with Crippen molar-refractivity contribution in [1.29, 1.82) is 0 Å². The lowest BCUT2D eigenvalue weighted by Gasteiger charge is -2.32. The van der Waals surface area contributed by atoms with E-state index in [4.69, 9.17) is 0 Å². The van der Waals surface area contributed by atoms with Gasteiger partial charge >= 0.3 is 0 Å². The van der Waals surface area contributed by atoms with Crippen molar-refractivity contribution < 1.29 is 14.3 Å². The predicted molar refractivity (Wildman–Crippen MR) is 83.8 cm³/mol. The molecule has 1 fully saturated rings. The minimum absolute atomic E-state index is 0.134. The predicted octanol–water partition coefficient (Wildman–Crippen LogP) is 2.38. The van der Waals surface area contributed by atoms with Crippen LogP contribution in [0.3, 0.4) is 0 Å². The summed E-state index contributed by atoms with van der Waals surface area (Å²) in [6.45, 7) is 2.07. The smallest absolute Gasteiger partial charge is 0.223 e. The second kappa shape index (κ2) is 7.27. The number of nitrogens with one attached hydrogen (secondary N) is 1. The van der Waals surface area contributed by atoms with Crippen molar-refractivity contribution in [2.24, 2.45) is 5.92 Å². The first-order chi connectivity index (χ1) is 10.0. The van der Waals surface area contributed by atoms with E-state index >= 15 is 0 Å². The molecule has 0 saturated carbocycles. The van der Waals surface area contributed by atoms with E-state index in [9.17, 15) is 14.3 Å². The number of hydrogen-bond donors (Lipinski definition) is 2. The number of halogens is 1. The van der Waals surface area contributed by atoms with E-state index in [-0.39, 0.29) is 24.2 Å². The fraction of sp³-hybridized carbons (Fsp3) is 0.562. The van der Waals surface area contributed by atoms with E-state index in [1.807, 2.05) is 11.8 Å². The van der Waals surface area contributed by atoms with Crippen LogP contribution < -0.4 is 5.32 Å². The fourth-order valence-corrected chi connectivity index (χ4v) is 3.69. The van der Waals surface area contributed by atoms with Gasteiger partial charge in [0, 0.05) is 12.5 Å². The number of aliphatic hydroxyl groups is 1. The quantitative estimate of drug-likeness (QED) is 0.878. The van der Waals surface area contributed by atoms with Gasteiger partial charge < -0.3 is 10.4 Å². The number of thioether (sulfide) groups is 1. The van der Waals surface area contributed by atoms with Crippen LogP contribution in [-0.4, -0.2) is 34.7 Å². The Bertz CT molecular complexity index is 489. The van der Waals surface area contributed by atoms with Gasteiger partial charge in [0.25, 0.3) is 0 Å². The maximum Gasteiger partial charge on any atom is 0.223 e. The molecule has 0 aromatic heterocycles. The van der Waals surface area contributed by atoms with Gasteiger partial charge in [-0.3, -0.25) is 4.79 Å². The molecule has 1 aromatic rings. The minimum atomic E-state index is -0.779. The van der Waals surface area contributed by atoms with Crippen LogP contribution in [-0.2, 0) is 11.2 Å². The molecule has 5 heteroatoms. The molecule has 3 nitrogen and oxygen atoms in total. The average Bonchev–Trinajstić information content (AvgIpc) is 2.48. The van der Waals surface area contributed by atoms with Crippen molar-refractivity contribution in [3.63, 3.8) is 0 Å². The Labute approximate surface area is 129 Å². The molecule has 1 amide bonds. The zero-order chi connectivity index (χ0) is 15.3. The Kier molecular flexibility index (Phi) is 5.65. The highest BCUT2D eigenvalue weighted by atomic mass is 32.2. The number of rotatable bonds is 5. The van der Waals surface area contributed by atoms with Gasteiger partial charge in [0.1, 0.15) is 5.82 Å². The van der Waals surface area contributed by atoms with Gasteiger partial charge in [-0.1, -0.05) is 25.1 Å². The van der Waals surface area contributed by atoms with Crippen molar-refractivity contribution in [2.45, 2.75) is 31.8 Å². The Morgan fingerprint density at radius 3 is 2.76 bits per heavy atom. The van der Waals surface area contributed by atoms with Crippen molar-refractivity contribution >= 4 is 17.7 Å². The van der Waals surface area contributed by atoms with Crippen molar-refractivity contribution in [2.75, 3.05) is 18.1 Å². The van der Waals surface area contributed by atoms with Gasteiger partial charge in [-0.25, -0.2) is 4.39 Å². The van der Waals surface area contributed by atoms with E-state index in [1.54, 1.807) is 25.1 Å². The van der Waals surface area contributed by atoms with Gasteiger partial charge in [0.15, 0.2) is 0 Å². The first-order valence-corrected chi connectivity index (χ1v) is 8.47. The molecule has 2 N–H and O–H groups in total. The van der Waals surface area contributed by atoms with Crippen LogP contribution in [0.1, 0.15) is 25.3 Å². The van der Waals surface area contributed by atoms with Crippen molar-refractivity contribution in [3.05, 3.63) is 35.6 Å². The third kappa shape index (κ3) is 4.71. The lowest BCUT2D eigenvalue weighted by atomic mass is 9.95. The first-order valence-electron chi connectivity index (χ1n) is 7.31. The summed E-state index contributed by atoms with van der Waals surface area (Å²) in [5, 5.41) is 13.2. The second-order valence-electron chi connectivity index (χ2n) is 5.75. The molecule has 2 rings (SSSR count). The molecular formula is C16H22FNO2S. The summed E-state index contributed by atoms with van der Waals surface area (Å²) in [4.78, 5) is 12.1. The van der Waals surface area contributed by atoms with E-state index in [2.05, 4.69) is 5.32 Å². The number of carbonyl (C=O) groups excluding carboxylic acids is 1. The van der Waals surface area contributed by atoms with Crippen LogP contribution >= 0.6 is 11.8 Å². The summed E-state index contributed by atoms with van der Waals surface area (Å²) >= 11 is 1.83. The first kappa shape index (κ1) is 16.3. The normalized spacial score (nSPS) is 19.0. The Balaban J connectivity index is 1.84. The summed E-state index contributed by atoms with van der Waals surface area (Å²) in [5.41, 5.74) is -0.230. The highest BCUT2D eigenvalue weighted by Gasteiger charge is 2.30. The standard InChI is InChI=1S/C16H22FNO2S/c1-12(10-13-4-2-3-5-14(13)17)15(19)18-11-16(20)6-8-21-9-7-16/h2-5,12,20H,6-11H2,1H3,(H,18,19). The highest BCUT2D eigenvalue weighted by molar-refractivity contribution is 7.99. The van der Waals surface area contributed by atoms with Crippen LogP contribution in [0.4, 0.5) is 4.39 Å². The average molecular weight is 311 g/mol. The summed E-state index contributed by atoms with van der Waals surface area (Å²) < 4.78 is 13.6. The molecule has 0 radical (unpaired) electrons. The summed E-state index contributed by atoms with van der Waals surface area (Å²) in [6, 6.07) is 6.51. The number of benzene rings is 1. The van der Waals surface area contributed by atoms with Crippen LogP contribution in [0, 0.1) is 11.7 Å². The largest absolute Gasteiger partial charge is 0.388 e. The summed E-state index contributed by atoms with van der Waals surface area (Å²) in [5.74, 6) is 1.13. The molecule has 1 aromatic carbocycles. The molecule has 1 aliphatic heterocycles. The molecule has 1 unspecified atom stereocenters. The maximum atomic E-state index is 13.6. The maximum absolute atomic E-state index is 13.6. The Morgan fingerprint density at radius 1 is 1.43 bits per heavy atom. The van der Waals surface area contributed by atoms with Gasteiger partial charge in [-0.05, 0) is 42.4 Å². The molecule has 1 aliphatic rings. The van der Waals surface area contributed by atoms with Gasteiger partial charge in [-0.2, -0.15) is 11.8 Å². The summed E-state index contributed by atoms with van der Waals surface area (Å²) in [7, 11) is 0. The van der Waals surface area contributed by atoms with E-state index < -0.39 is 5.60 Å². The van der Waals surface area contributed by atoms with E-state index in [0.29, 0.717) is 24.8 Å². The molecule has 0 aliphatic carbocycles. The van der Waals surface area contributed by atoms with E-state index in [1.165, 1.54) is 6.07 Å². The van der Waals surface area contributed by atoms with E-state index in [0.717, 1.165) is 11.5 Å². The number of hydrogen-bond acceptors (Lipinski definition) is 3. The number of carbonyl (C=O) groups is 1. The topological polar surface area (TPSA) is 49.3 Å². The summed E-state index contributed by atoms with van der Waals surface area (Å²) in [6.07, 6.45) is 1.78. The van der Waals surface area contributed by atoms with Crippen LogP contribution in [0.15, 0.2) is 24.3 Å². The Morgan fingerprint density at radius 2 is 2.10 bits per heavy atom. The van der Waals surface area contributed by atoms with Crippen molar-refractivity contribution in [3.8, 4) is 0 Å². The molecule has 0 bridgehead atoms. The SMILES string of the molecule is CC(Cc1ccccc1F)C(=O)NCC1(O)CCSCC1. The fourth-order valence-electron chi connectivity index (χ4n) is 2.44. The lowest BCUT2D eigenvalue weighted by molar-refractivity contribution is -0.125. The van der Waals surface area contributed by atoms with Gasteiger partial charge in [0.05, 0.1) is 5.60 Å². The number of amides is 1. The third-order valence-electron chi connectivity index (χ3n) is 3.95. The zero-order valence-electron chi connectivity index (χ0n) is 12.3.